The smallest absolute Gasteiger partial charge is 0.257 e. The summed E-state index contributed by atoms with van der Waals surface area (Å²) in [6, 6.07) is 14.9. The number of benzene rings is 3. The minimum absolute atomic E-state index is 0.185. The average Bonchev–Trinajstić information content (AvgIpc) is 3.16. The van der Waals surface area contributed by atoms with Gasteiger partial charge < -0.3 is 10.6 Å². The molecule has 3 aromatic carbocycles. The van der Waals surface area contributed by atoms with Gasteiger partial charge in [-0.05, 0) is 66.2 Å². The van der Waals surface area contributed by atoms with E-state index in [4.69, 9.17) is 46.4 Å². The molecule has 0 radical (unpaired) electrons. The molecule has 2 amide bonds. The van der Waals surface area contributed by atoms with Crippen LogP contribution in [-0.4, -0.2) is 30.9 Å². The van der Waals surface area contributed by atoms with Crippen LogP contribution in [0.5, 0.6) is 0 Å². The normalized spacial score (nSPS) is 17.8. The van der Waals surface area contributed by atoms with Gasteiger partial charge in [0.25, 0.3) is 5.91 Å². The molecule has 0 bridgehead atoms. The van der Waals surface area contributed by atoms with Gasteiger partial charge in [-0.2, -0.15) is 5.10 Å². The van der Waals surface area contributed by atoms with E-state index in [0.717, 1.165) is 0 Å². The molecule has 0 aliphatic heterocycles. The standard InChI is InChI=1S/C25H16Cl4FN5O2/c26-14-7-13(8-15(27)9-14)21-22(25(21,28)29)24(37)34-18-5-6-20(35-12-31-11-32-35)19(10-18)23(36)33-17-3-1-16(30)2-4-17/h1-12,21-22H,(H,33,36)(H,34,37). The van der Waals surface area contributed by atoms with Crippen molar-refractivity contribution in [3.05, 3.63) is 100 Å². The molecule has 1 aliphatic carbocycles. The van der Waals surface area contributed by atoms with E-state index >= 15 is 0 Å². The molecule has 1 fully saturated rings. The zero-order chi connectivity index (χ0) is 26.3. The number of rotatable bonds is 6. The first kappa shape index (κ1) is 25.5. The van der Waals surface area contributed by atoms with E-state index in [9.17, 15) is 14.0 Å². The highest BCUT2D eigenvalue weighted by Gasteiger charge is 2.67. The van der Waals surface area contributed by atoms with Crippen molar-refractivity contribution in [3.63, 3.8) is 0 Å². The summed E-state index contributed by atoms with van der Waals surface area (Å²) in [4.78, 5) is 30.2. The Morgan fingerprint density at radius 3 is 2.24 bits per heavy atom. The average molecular weight is 579 g/mol. The Morgan fingerprint density at radius 2 is 1.59 bits per heavy atom. The van der Waals surface area contributed by atoms with Crippen molar-refractivity contribution >= 4 is 69.6 Å². The molecule has 1 aromatic heterocycles. The maximum Gasteiger partial charge on any atom is 0.257 e. The summed E-state index contributed by atoms with van der Waals surface area (Å²) in [5.41, 5.74) is 1.96. The summed E-state index contributed by atoms with van der Waals surface area (Å²) in [6.45, 7) is 0. The zero-order valence-electron chi connectivity index (χ0n) is 18.6. The third kappa shape index (κ3) is 5.29. The molecule has 188 valence electrons. The second-order valence-electron chi connectivity index (χ2n) is 8.35. The van der Waals surface area contributed by atoms with Crippen LogP contribution in [0.4, 0.5) is 15.8 Å². The molecular formula is C25H16Cl4FN5O2. The molecule has 2 unspecified atom stereocenters. The number of nitrogens with zero attached hydrogens (tertiary/aromatic N) is 3. The molecule has 0 spiro atoms. The van der Waals surface area contributed by atoms with Gasteiger partial charge in [-0.15, -0.1) is 23.2 Å². The SMILES string of the molecule is O=C(Nc1ccc(F)cc1)c1cc(NC(=O)C2C(c3cc(Cl)cc(Cl)c3)C2(Cl)Cl)ccc1-n1cncn1. The fourth-order valence-electron chi connectivity index (χ4n) is 4.10. The summed E-state index contributed by atoms with van der Waals surface area (Å²) in [6.07, 6.45) is 2.76. The Kier molecular flexibility index (Phi) is 6.85. The lowest BCUT2D eigenvalue weighted by Gasteiger charge is -2.13. The van der Waals surface area contributed by atoms with Crippen molar-refractivity contribution in [2.24, 2.45) is 5.92 Å². The van der Waals surface area contributed by atoms with E-state index in [1.54, 1.807) is 30.3 Å². The molecule has 1 saturated carbocycles. The quantitative estimate of drug-likeness (QED) is 0.256. The van der Waals surface area contributed by atoms with Crippen molar-refractivity contribution in [1.29, 1.82) is 0 Å². The number of alkyl halides is 2. The molecule has 4 aromatic rings. The van der Waals surface area contributed by atoms with Gasteiger partial charge in [0, 0.05) is 27.3 Å². The fourth-order valence-corrected chi connectivity index (χ4v) is 5.47. The molecule has 12 heteroatoms. The van der Waals surface area contributed by atoms with Crippen LogP contribution < -0.4 is 10.6 Å². The Hall–Kier alpha value is -3.17. The Bertz CT molecular complexity index is 1480. The molecule has 5 rings (SSSR count). The first-order valence-electron chi connectivity index (χ1n) is 10.8. The molecule has 2 N–H and O–H groups in total. The predicted molar refractivity (Wildman–Crippen MR) is 141 cm³/mol. The number of carbonyl (C=O) groups is 2. The number of carbonyl (C=O) groups excluding carboxylic acids is 2. The third-order valence-electron chi connectivity index (χ3n) is 5.86. The minimum atomic E-state index is -1.36. The van der Waals surface area contributed by atoms with Crippen LogP contribution in [0.25, 0.3) is 5.69 Å². The minimum Gasteiger partial charge on any atom is -0.326 e. The van der Waals surface area contributed by atoms with Crippen LogP contribution in [-0.2, 0) is 4.79 Å². The van der Waals surface area contributed by atoms with Gasteiger partial charge in [0.05, 0.1) is 17.2 Å². The Labute approximate surface area is 230 Å². The number of aromatic nitrogens is 3. The number of hydrogen-bond donors (Lipinski definition) is 2. The van der Waals surface area contributed by atoms with Crippen molar-refractivity contribution in [2.45, 2.75) is 10.3 Å². The highest BCUT2D eigenvalue weighted by molar-refractivity contribution is 6.53. The predicted octanol–water partition coefficient (Wildman–Crippen LogP) is 6.49. The lowest BCUT2D eigenvalue weighted by Crippen LogP contribution is -2.19. The van der Waals surface area contributed by atoms with Gasteiger partial charge in [0.1, 0.15) is 22.8 Å². The monoisotopic (exact) mass is 577 g/mol. The number of amides is 2. The Balaban J connectivity index is 1.41. The van der Waals surface area contributed by atoms with Crippen LogP contribution >= 0.6 is 46.4 Å². The van der Waals surface area contributed by atoms with Crippen LogP contribution in [0.2, 0.25) is 10.0 Å². The van der Waals surface area contributed by atoms with Crippen LogP contribution in [0, 0.1) is 11.7 Å². The number of hydrogen-bond acceptors (Lipinski definition) is 4. The lowest BCUT2D eigenvalue weighted by atomic mass is 10.1. The van der Waals surface area contributed by atoms with Crippen LogP contribution in [0.15, 0.2) is 73.3 Å². The van der Waals surface area contributed by atoms with Gasteiger partial charge in [-0.1, -0.05) is 23.2 Å². The van der Waals surface area contributed by atoms with E-state index in [1.807, 2.05) is 0 Å². The first-order valence-corrected chi connectivity index (χ1v) is 12.4. The van der Waals surface area contributed by atoms with Crippen molar-refractivity contribution < 1.29 is 14.0 Å². The summed E-state index contributed by atoms with van der Waals surface area (Å²) in [5.74, 6) is -2.68. The second kappa shape index (κ2) is 9.95. The molecule has 0 saturated heterocycles. The van der Waals surface area contributed by atoms with E-state index in [2.05, 4.69) is 20.7 Å². The Morgan fingerprint density at radius 1 is 0.919 bits per heavy atom. The number of anilines is 2. The lowest BCUT2D eigenvalue weighted by molar-refractivity contribution is -0.117. The largest absolute Gasteiger partial charge is 0.326 e. The summed E-state index contributed by atoms with van der Waals surface area (Å²) in [7, 11) is 0. The second-order valence-corrected chi connectivity index (χ2v) is 10.7. The highest BCUT2D eigenvalue weighted by atomic mass is 35.5. The number of nitrogens with one attached hydrogen (secondary N) is 2. The van der Waals surface area contributed by atoms with Crippen molar-refractivity contribution in [2.75, 3.05) is 10.6 Å². The van der Waals surface area contributed by atoms with E-state index in [0.29, 0.717) is 32.7 Å². The zero-order valence-corrected chi connectivity index (χ0v) is 21.7. The molecule has 1 heterocycles. The van der Waals surface area contributed by atoms with Crippen molar-refractivity contribution in [1.82, 2.24) is 14.8 Å². The third-order valence-corrected chi connectivity index (χ3v) is 7.23. The molecular weight excluding hydrogens is 563 g/mol. The van der Waals surface area contributed by atoms with Crippen molar-refractivity contribution in [3.8, 4) is 5.69 Å². The molecule has 1 aliphatic rings. The summed E-state index contributed by atoms with van der Waals surface area (Å²) in [5, 5.41) is 10.4. The topological polar surface area (TPSA) is 88.9 Å². The fraction of sp³-hybridized carbons (Fsp3) is 0.120. The highest BCUT2D eigenvalue weighted by Crippen LogP contribution is 2.65. The van der Waals surface area contributed by atoms with Crippen LogP contribution in [0.3, 0.4) is 0 Å². The van der Waals surface area contributed by atoms with E-state index in [1.165, 1.54) is 47.7 Å². The van der Waals surface area contributed by atoms with Gasteiger partial charge in [0.15, 0.2) is 0 Å². The first-order chi connectivity index (χ1) is 17.6. The van der Waals surface area contributed by atoms with E-state index in [-0.39, 0.29) is 5.56 Å². The summed E-state index contributed by atoms with van der Waals surface area (Å²) >= 11 is 25.1. The van der Waals surface area contributed by atoms with E-state index < -0.39 is 33.8 Å². The summed E-state index contributed by atoms with van der Waals surface area (Å²) < 4.78 is 13.3. The van der Waals surface area contributed by atoms with Gasteiger partial charge >= 0.3 is 0 Å². The van der Waals surface area contributed by atoms with Gasteiger partial charge in [-0.3, -0.25) is 9.59 Å². The maximum absolute atomic E-state index is 13.3. The van der Waals surface area contributed by atoms with Gasteiger partial charge in [0.2, 0.25) is 5.91 Å². The van der Waals surface area contributed by atoms with Gasteiger partial charge in [-0.25, -0.2) is 14.1 Å². The number of halogens is 5. The molecule has 2 atom stereocenters. The maximum atomic E-state index is 13.3. The molecule has 7 nitrogen and oxygen atoms in total. The van der Waals surface area contributed by atoms with Crippen LogP contribution in [0.1, 0.15) is 21.8 Å². The molecule has 37 heavy (non-hydrogen) atoms.